The molecule has 1 aromatic carbocycles. The van der Waals surface area contributed by atoms with E-state index in [1.54, 1.807) is 4.68 Å². The number of hydrogen-bond donors (Lipinski definition) is 1. The molecule has 0 aliphatic carbocycles. The maximum atomic E-state index is 10.4. The van der Waals surface area contributed by atoms with Crippen molar-refractivity contribution in [1.82, 2.24) is 34.9 Å². The van der Waals surface area contributed by atoms with Crippen molar-refractivity contribution >= 4 is 0 Å². The number of aliphatic hydroxyl groups excluding tert-OH is 1. The summed E-state index contributed by atoms with van der Waals surface area (Å²) >= 11 is 0. The molecule has 0 spiro atoms. The summed E-state index contributed by atoms with van der Waals surface area (Å²) in [6.45, 7) is 6.05. The summed E-state index contributed by atoms with van der Waals surface area (Å²) in [6, 6.07) is 9.84. The molecule has 25 heavy (non-hydrogen) atoms. The quantitative estimate of drug-likeness (QED) is 0.739. The molecule has 8 heteroatoms. The van der Waals surface area contributed by atoms with Crippen molar-refractivity contribution in [2.24, 2.45) is 0 Å². The van der Waals surface area contributed by atoms with Gasteiger partial charge in [0.15, 0.2) is 5.82 Å². The summed E-state index contributed by atoms with van der Waals surface area (Å²) in [4.78, 5) is 6.71. The van der Waals surface area contributed by atoms with Crippen molar-refractivity contribution in [1.29, 1.82) is 0 Å². The van der Waals surface area contributed by atoms with Crippen LogP contribution >= 0.6 is 0 Å². The Morgan fingerprint density at radius 1 is 1.16 bits per heavy atom. The van der Waals surface area contributed by atoms with Gasteiger partial charge in [-0.15, -0.1) is 5.10 Å². The summed E-state index contributed by atoms with van der Waals surface area (Å²) in [6.07, 6.45) is -0.380. The van der Waals surface area contributed by atoms with Crippen LogP contribution in [0.1, 0.15) is 5.82 Å². The zero-order valence-electron chi connectivity index (χ0n) is 15.0. The Morgan fingerprint density at radius 3 is 2.60 bits per heavy atom. The molecule has 0 saturated carbocycles. The second-order valence-electron chi connectivity index (χ2n) is 6.80. The lowest BCUT2D eigenvalue weighted by molar-refractivity contribution is 0.0588. The van der Waals surface area contributed by atoms with Crippen LogP contribution in [0.2, 0.25) is 0 Å². The molecule has 1 aliphatic heterocycles. The number of likely N-dealkylation sites (N-methyl/N-ethyl adjacent to an activating group) is 2. The smallest absolute Gasteiger partial charge is 0.170 e. The molecule has 1 fully saturated rings. The van der Waals surface area contributed by atoms with Gasteiger partial charge in [0.25, 0.3) is 0 Å². The van der Waals surface area contributed by atoms with Crippen LogP contribution in [-0.4, -0.2) is 99.5 Å². The second kappa shape index (κ2) is 8.48. The lowest BCUT2D eigenvalue weighted by atomic mass is 10.2. The number of aliphatic hydroxyl groups is 1. The van der Waals surface area contributed by atoms with Gasteiger partial charge < -0.3 is 10.0 Å². The Hall–Kier alpha value is -1.87. The summed E-state index contributed by atoms with van der Waals surface area (Å²) in [5.41, 5.74) is 0.939. The van der Waals surface area contributed by atoms with Crippen molar-refractivity contribution in [2.45, 2.75) is 12.6 Å². The molecular formula is C17H27N7O. The normalized spacial score (nSPS) is 17.9. The summed E-state index contributed by atoms with van der Waals surface area (Å²) in [5.74, 6) is 0.764. The van der Waals surface area contributed by atoms with E-state index in [0.717, 1.165) is 37.7 Å². The van der Waals surface area contributed by atoms with E-state index >= 15 is 0 Å². The van der Waals surface area contributed by atoms with Crippen LogP contribution in [0, 0.1) is 0 Å². The van der Waals surface area contributed by atoms with Gasteiger partial charge in [0.1, 0.15) is 0 Å². The van der Waals surface area contributed by atoms with Crippen LogP contribution in [-0.2, 0) is 6.54 Å². The molecule has 136 valence electrons. The Labute approximate surface area is 148 Å². The number of benzene rings is 1. The maximum absolute atomic E-state index is 10.4. The minimum absolute atomic E-state index is 0.380. The van der Waals surface area contributed by atoms with E-state index in [1.165, 1.54) is 0 Å². The van der Waals surface area contributed by atoms with E-state index in [-0.39, 0.29) is 6.10 Å². The lowest BCUT2D eigenvalue weighted by Crippen LogP contribution is -2.48. The van der Waals surface area contributed by atoms with Gasteiger partial charge in [-0.3, -0.25) is 9.80 Å². The number of aromatic nitrogens is 4. The fourth-order valence-electron chi connectivity index (χ4n) is 3.13. The highest BCUT2D eigenvalue weighted by atomic mass is 16.3. The van der Waals surface area contributed by atoms with E-state index in [2.05, 4.69) is 37.3 Å². The average Bonchev–Trinajstić information content (AvgIpc) is 3.05. The van der Waals surface area contributed by atoms with E-state index in [0.29, 0.717) is 19.6 Å². The molecule has 8 nitrogen and oxygen atoms in total. The van der Waals surface area contributed by atoms with Crippen molar-refractivity contribution in [3.05, 3.63) is 36.2 Å². The van der Waals surface area contributed by atoms with Gasteiger partial charge in [0.05, 0.1) is 18.3 Å². The molecular weight excluding hydrogens is 318 g/mol. The fourth-order valence-corrected chi connectivity index (χ4v) is 3.13. The Balaban J connectivity index is 1.51. The highest BCUT2D eigenvalue weighted by Gasteiger charge is 2.19. The molecule has 1 saturated heterocycles. The molecule has 0 bridgehead atoms. The van der Waals surface area contributed by atoms with Crippen LogP contribution in [0.4, 0.5) is 0 Å². The molecule has 1 atom stereocenters. The summed E-state index contributed by atoms with van der Waals surface area (Å²) in [7, 11) is 4.12. The van der Waals surface area contributed by atoms with Crippen molar-refractivity contribution in [3.63, 3.8) is 0 Å². The van der Waals surface area contributed by atoms with E-state index in [1.807, 2.05) is 37.4 Å². The van der Waals surface area contributed by atoms with Gasteiger partial charge >= 0.3 is 0 Å². The van der Waals surface area contributed by atoms with Crippen molar-refractivity contribution in [3.8, 4) is 5.69 Å². The van der Waals surface area contributed by atoms with Gasteiger partial charge in [-0.25, -0.2) is 0 Å². The fraction of sp³-hybridized carbons (Fsp3) is 0.588. The lowest BCUT2D eigenvalue weighted by Gasteiger charge is -2.34. The number of tetrazole rings is 1. The average molecular weight is 345 g/mol. The summed E-state index contributed by atoms with van der Waals surface area (Å²) < 4.78 is 1.74. The number of hydrogen-bond acceptors (Lipinski definition) is 7. The first-order valence-electron chi connectivity index (χ1n) is 8.72. The number of rotatable bonds is 7. The zero-order chi connectivity index (χ0) is 17.6. The largest absolute Gasteiger partial charge is 0.390 e. The van der Waals surface area contributed by atoms with E-state index < -0.39 is 0 Å². The zero-order valence-corrected chi connectivity index (χ0v) is 15.0. The van der Waals surface area contributed by atoms with Gasteiger partial charge in [0, 0.05) is 39.3 Å². The van der Waals surface area contributed by atoms with E-state index in [9.17, 15) is 5.11 Å². The first-order valence-corrected chi connectivity index (χ1v) is 8.72. The van der Waals surface area contributed by atoms with Crippen molar-refractivity contribution < 1.29 is 5.11 Å². The number of β-amino-alcohol motifs (C(OH)–C–C–N with tert-alkyl or cyclic N) is 1. The van der Waals surface area contributed by atoms with Crippen molar-refractivity contribution in [2.75, 3.05) is 53.4 Å². The predicted molar refractivity (Wildman–Crippen MR) is 95.4 cm³/mol. The first-order chi connectivity index (χ1) is 12.1. The minimum atomic E-state index is -0.380. The molecule has 1 unspecified atom stereocenters. The molecule has 1 aliphatic rings. The van der Waals surface area contributed by atoms with E-state index in [4.69, 9.17) is 0 Å². The van der Waals surface area contributed by atoms with Gasteiger partial charge in [-0.1, -0.05) is 18.2 Å². The SMILES string of the molecule is CN1CCN(CC(O)CN(C)Cc2nnnn2-c2ccccc2)CC1. The van der Waals surface area contributed by atoms with Crippen LogP contribution in [0.3, 0.4) is 0 Å². The Kier molecular flexibility index (Phi) is 6.09. The molecule has 1 aromatic heterocycles. The summed E-state index contributed by atoms with van der Waals surface area (Å²) in [5, 5.41) is 22.4. The molecule has 3 rings (SSSR count). The first kappa shape index (κ1) is 17.9. The van der Waals surface area contributed by atoms with Crippen LogP contribution in [0.25, 0.3) is 5.69 Å². The molecule has 2 heterocycles. The molecule has 0 radical (unpaired) electrons. The predicted octanol–water partition coefficient (Wildman–Crippen LogP) is -0.298. The Morgan fingerprint density at radius 2 is 1.88 bits per heavy atom. The third-order valence-corrected chi connectivity index (χ3v) is 4.53. The standard InChI is InChI=1S/C17H27N7O/c1-21-8-10-23(11-9-21)13-16(25)12-22(2)14-17-18-19-20-24(17)15-6-4-3-5-7-15/h3-7,16,25H,8-14H2,1-2H3. The molecule has 2 aromatic rings. The third kappa shape index (κ3) is 5.05. The van der Waals surface area contributed by atoms with Crippen LogP contribution in [0.5, 0.6) is 0 Å². The van der Waals surface area contributed by atoms with Gasteiger partial charge in [-0.05, 0) is 36.7 Å². The number of nitrogens with zero attached hydrogens (tertiary/aromatic N) is 7. The number of para-hydroxylation sites is 1. The van der Waals surface area contributed by atoms with Gasteiger partial charge in [0.2, 0.25) is 0 Å². The molecule has 1 N–H and O–H groups in total. The highest BCUT2D eigenvalue weighted by Crippen LogP contribution is 2.09. The third-order valence-electron chi connectivity index (χ3n) is 4.53. The second-order valence-corrected chi connectivity index (χ2v) is 6.80. The van der Waals surface area contributed by atoms with Crippen LogP contribution in [0.15, 0.2) is 30.3 Å². The molecule has 0 amide bonds. The minimum Gasteiger partial charge on any atom is -0.390 e. The maximum Gasteiger partial charge on any atom is 0.170 e. The monoisotopic (exact) mass is 345 g/mol. The van der Waals surface area contributed by atoms with Gasteiger partial charge in [-0.2, -0.15) is 4.68 Å². The highest BCUT2D eigenvalue weighted by molar-refractivity contribution is 5.30. The topological polar surface area (TPSA) is 73.6 Å². The number of piperazine rings is 1. The Bertz CT molecular complexity index is 639. The van der Waals surface area contributed by atoms with Crippen LogP contribution < -0.4 is 0 Å².